The minimum absolute atomic E-state index is 0.118. The van der Waals surface area contributed by atoms with Gasteiger partial charge in [0.15, 0.2) is 5.82 Å². The number of pyridine rings is 1. The Kier molecular flexibility index (Phi) is 4.78. The molecule has 0 saturated carbocycles. The van der Waals surface area contributed by atoms with Crippen LogP contribution in [0.5, 0.6) is 5.88 Å². The van der Waals surface area contributed by atoms with Crippen LogP contribution in [0.25, 0.3) is 16.5 Å². The molecule has 2 heterocycles. The second-order valence-electron chi connectivity index (χ2n) is 6.29. The summed E-state index contributed by atoms with van der Waals surface area (Å²) in [5, 5.41) is 11.5. The van der Waals surface area contributed by atoms with Gasteiger partial charge in [0.05, 0.1) is 23.0 Å². The summed E-state index contributed by atoms with van der Waals surface area (Å²) in [5.74, 6) is -0.275. The van der Waals surface area contributed by atoms with E-state index < -0.39 is 23.2 Å². The third-order valence-corrected chi connectivity index (χ3v) is 4.41. The molecule has 4 aromatic rings. The molecule has 0 bridgehead atoms. The van der Waals surface area contributed by atoms with Crippen molar-refractivity contribution in [2.24, 2.45) is 4.99 Å². The Balaban J connectivity index is 1.98. The molecule has 0 fully saturated rings. The topological polar surface area (TPSA) is 80.4 Å². The van der Waals surface area contributed by atoms with Crippen LogP contribution in [0.3, 0.4) is 0 Å². The van der Waals surface area contributed by atoms with E-state index in [1.807, 2.05) is 0 Å². The lowest BCUT2D eigenvalue weighted by Gasteiger charge is -2.15. The Labute approximate surface area is 167 Å². The van der Waals surface area contributed by atoms with Crippen LogP contribution in [-0.2, 0) is 6.18 Å². The van der Waals surface area contributed by atoms with Gasteiger partial charge in [0.1, 0.15) is 0 Å². The van der Waals surface area contributed by atoms with Gasteiger partial charge in [-0.15, -0.1) is 0 Å². The molecule has 6 nitrogen and oxygen atoms in total. The van der Waals surface area contributed by atoms with E-state index in [-0.39, 0.29) is 22.5 Å². The zero-order valence-electron chi connectivity index (χ0n) is 15.2. The lowest BCUT2D eigenvalue weighted by molar-refractivity contribution is -0.137. The number of benzene rings is 2. The van der Waals surface area contributed by atoms with Gasteiger partial charge >= 0.3 is 6.18 Å². The zero-order valence-corrected chi connectivity index (χ0v) is 15.2. The molecular weight excluding hydrogens is 397 g/mol. The van der Waals surface area contributed by atoms with E-state index in [1.165, 1.54) is 43.0 Å². The van der Waals surface area contributed by atoms with Crippen molar-refractivity contribution >= 4 is 22.8 Å². The number of rotatable bonds is 3. The number of aliphatic imine (C=N–C) groups is 1. The van der Waals surface area contributed by atoms with Gasteiger partial charge in [0.25, 0.3) is 5.56 Å². The lowest BCUT2D eigenvalue weighted by Crippen LogP contribution is -2.20. The number of halogens is 3. The molecule has 0 aliphatic heterocycles. The Morgan fingerprint density at radius 1 is 1.03 bits per heavy atom. The van der Waals surface area contributed by atoms with Gasteiger partial charge in [-0.2, -0.15) is 13.2 Å². The Morgan fingerprint density at radius 3 is 2.50 bits per heavy atom. The van der Waals surface area contributed by atoms with Crippen LogP contribution in [0.4, 0.5) is 19.0 Å². The minimum Gasteiger partial charge on any atom is -0.494 e. The van der Waals surface area contributed by atoms with Crippen molar-refractivity contribution in [3.63, 3.8) is 0 Å². The van der Waals surface area contributed by atoms with Gasteiger partial charge in [-0.1, -0.05) is 24.3 Å². The van der Waals surface area contributed by atoms with Gasteiger partial charge < -0.3 is 5.11 Å². The quantitative estimate of drug-likeness (QED) is 0.512. The maximum absolute atomic E-state index is 13.1. The molecule has 0 unspecified atom stereocenters. The van der Waals surface area contributed by atoms with E-state index in [2.05, 4.69) is 15.0 Å². The summed E-state index contributed by atoms with van der Waals surface area (Å²) >= 11 is 0. The van der Waals surface area contributed by atoms with Gasteiger partial charge in [0, 0.05) is 29.4 Å². The summed E-state index contributed by atoms with van der Waals surface area (Å²) in [6, 6.07) is 10.6. The Morgan fingerprint density at radius 2 is 1.80 bits per heavy atom. The first kappa shape index (κ1) is 19.3. The molecule has 0 aliphatic rings. The monoisotopic (exact) mass is 410 g/mol. The summed E-state index contributed by atoms with van der Waals surface area (Å²) in [7, 11) is 0. The molecule has 4 rings (SSSR count). The SMILES string of the molecule is O=c1c2ccccc2c(C=Nc2cnccn2)c(O)n1-c1cccc(C(F)(F)F)c1. The molecule has 2 aromatic heterocycles. The van der Waals surface area contributed by atoms with Gasteiger partial charge in [0.2, 0.25) is 5.88 Å². The van der Waals surface area contributed by atoms with E-state index in [1.54, 1.807) is 18.2 Å². The minimum atomic E-state index is -4.59. The number of alkyl halides is 3. The van der Waals surface area contributed by atoms with Crippen LogP contribution >= 0.6 is 0 Å². The number of nitrogens with zero attached hydrogens (tertiary/aromatic N) is 4. The van der Waals surface area contributed by atoms with E-state index in [0.29, 0.717) is 5.39 Å². The van der Waals surface area contributed by atoms with Crippen LogP contribution in [0, 0.1) is 0 Å². The van der Waals surface area contributed by atoms with Crippen molar-refractivity contribution in [3.05, 3.63) is 88.6 Å². The van der Waals surface area contributed by atoms with Crippen LogP contribution in [0.2, 0.25) is 0 Å². The summed E-state index contributed by atoms with van der Waals surface area (Å²) in [4.78, 5) is 25.0. The highest BCUT2D eigenvalue weighted by atomic mass is 19.4. The predicted octanol–water partition coefficient (Wildman–Crippen LogP) is 4.26. The highest BCUT2D eigenvalue weighted by Crippen LogP contribution is 2.32. The zero-order chi connectivity index (χ0) is 21.3. The fraction of sp³-hybridized carbons (Fsp3) is 0.0476. The van der Waals surface area contributed by atoms with E-state index in [9.17, 15) is 23.1 Å². The number of hydrogen-bond donors (Lipinski definition) is 1. The number of aromatic hydroxyl groups is 1. The highest BCUT2D eigenvalue weighted by molar-refractivity contribution is 6.02. The van der Waals surface area contributed by atoms with Crippen molar-refractivity contribution < 1.29 is 18.3 Å². The van der Waals surface area contributed by atoms with E-state index in [0.717, 1.165) is 16.7 Å². The van der Waals surface area contributed by atoms with Crippen LogP contribution < -0.4 is 5.56 Å². The summed E-state index contributed by atoms with van der Waals surface area (Å²) < 4.78 is 40.3. The number of aromatic nitrogens is 3. The molecular formula is C21H13F3N4O2. The molecule has 30 heavy (non-hydrogen) atoms. The average Bonchev–Trinajstić information content (AvgIpc) is 2.74. The van der Waals surface area contributed by atoms with Gasteiger partial charge in [-0.3, -0.25) is 9.78 Å². The first-order valence-electron chi connectivity index (χ1n) is 8.70. The van der Waals surface area contributed by atoms with Gasteiger partial charge in [-0.05, 0) is 24.3 Å². The van der Waals surface area contributed by atoms with Crippen molar-refractivity contribution in [1.29, 1.82) is 0 Å². The molecule has 0 spiro atoms. The maximum atomic E-state index is 13.1. The number of fused-ring (bicyclic) bond motifs is 1. The van der Waals surface area contributed by atoms with Crippen molar-refractivity contribution in [2.45, 2.75) is 6.18 Å². The van der Waals surface area contributed by atoms with Crippen LogP contribution in [0.15, 0.2) is 76.9 Å². The molecule has 0 atom stereocenters. The first-order chi connectivity index (χ1) is 14.4. The Bertz CT molecular complexity index is 1320. The largest absolute Gasteiger partial charge is 0.494 e. The first-order valence-corrected chi connectivity index (χ1v) is 8.70. The normalized spacial score (nSPS) is 12.0. The summed E-state index contributed by atoms with van der Waals surface area (Å²) in [6.45, 7) is 0. The second-order valence-corrected chi connectivity index (χ2v) is 6.29. The maximum Gasteiger partial charge on any atom is 0.416 e. The van der Waals surface area contributed by atoms with E-state index >= 15 is 0 Å². The predicted molar refractivity (Wildman–Crippen MR) is 105 cm³/mol. The molecule has 0 amide bonds. The molecule has 1 N–H and O–H groups in total. The molecule has 0 saturated heterocycles. The van der Waals surface area contributed by atoms with Crippen LogP contribution in [0.1, 0.15) is 11.1 Å². The molecule has 0 aliphatic carbocycles. The third kappa shape index (κ3) is 3.52. The average molecular weight is 410 g/mol. The molecule has 150 valence electrons. The number of hydrogen-bond acceptors (Lipinski definition) is 5. The molecule has 2 aromatic carbocycles. The highest BCUT2D eigenvalue weighted by Gasteiger charge is 2.31. The van der Waals surface area contributed by atoms with Crippen molar-refractivity contribution in [1.82, 2.24) is 14.5 Å². The summed E-state index contributed by atoms with van der Waals surface area (Å²) in [6.07, 6.45) is 1.01. The van der Waals surface area contributed by atoms with E-state index in [4.69, 9.17) is 0 Å². The summed E-state index contributed by atoms with van der Waals surface area (Å²) in [5.41, 5.74) is -1.55. The smallest absolute Gasteiger partial charge is 0.416 e. The lowest BCUT2D eigenvalue weighted by atomic mass is 10.1. The van der Waals surface area contributed by atoms with Gasteiger partial charge in [-0.25, -0.2) is 14.5 Å². The second kappa shape index (κ2) is 7.43. The molecule has 0 radical (unpaired) electrons. The fourth-order valence-electron chi connectivity index (χ4n) is 3.04. The fourth-order valence-corrected chi connectivity index (χ4v) is 3.04. The third-order valence-electron chi connectivity index (χ3n) is 4.41. The Hall–Kier alpha value is -4.01. The molecule has 9 heteroatoms. The van der Waals surface area contributed by atoms with Crippen LogP contribution in [-0.4, -0.2) is 25.9 Å². The van der Waals surface area contributed by atoms with Crippen molar-refractivity contribution in [3.8, 4) is 11.6 Å². The van der Waals surface area contributed by atoms with Crippen molar-refractivity contribution in [2.75, 3.05) is 0 Å². The standard InChI is InChI=1S/C21H13F3N4O2/c22-21(23,24)13-4-3-5-14(10-13)28-19(29)16-7-2-1-6-15(16)17(20(28)30)11-27-18-12-25-8-9-26-18/h1-12,30H.